The van der Waals surface area contributed by atoms with Crippen LogP contribution in [-0.4, -0.2) is 39.9 Å². The third-order valence-corrected chi connectivity index (χ3v) is 2.02. The maximum atomic E-state index is 11.3. The summed E-state index contributed by atoms with van der Waals surface area (Å²) in [6.07, 6.45) is 2.38. The predicted octanol–water partition coefficient (Wildman–Crippen LogP) is -0.101. The molecule has 1 aromatic rings. The van der Waals surface area contributed by atoms with Crippen LogP contribution in [0.2, 0.25) is 0 Å². The number of rotatable bonds is 6. The molecule has 1 amide bonds. The Morgan fingerprint density at radius 1 is 1.62 bits per heavy atom. The van der Waals surface area contributed by atoms with Crippen LogP contribution in [0.25, 0.3) is 0 Å². The molecule has 0 saturated carbocycles. The first-order chi connectivity index (χ1) is 7.59. The number of aryl methyl sites for hydroxylation is 1. The summed E-state index contributed by atoms with van der Waals surface area (Å²) in [5.74, 6) is 0.751. The Bertz CT molecular complexity index is 335. The van der Waals surface area contributed by atoms with Crippen molar-refractivity contribution in [3.8, 4) is 0 Å². The summed E-state index contributed by atoms with van der Waals surface area (Å²) >= 11 is 0. The van der Waals surface area contributed by atoms with E-state index in [2.05, 4.69) is 15.5 Å². The number of nitrogens with one attached hydrogen (secondary N) is 1. The molecule has 0 unspecified atom stereocenters. The smallest absolute Gasteiger partial charge is 0.246 e. The van der Waals surface area contributed by atoms with E-state index in [-0.39, 0.29) is 18.6 Å². The lowest BCUT2D eigenvalue weighted by molar-refractivity contribution is -0.127. The fourth-order valence-corrected chi connectivity index (χ4v) is 1.14. The Kier molecular flexibility index (Phi) is 4.91. The molecule has 1 heterocycles. The van der Waals surface area contributed by atoms with Gasteiger partial charge >= 0.3 is 0 Å². The van der Waals surface area contributed by atoms with E-state index in [4.69, 9.17) is 4.74 Å². The van der Waals surface area contributed by atoms with Gasteiger partial charge in [-0.25, -0.2) is 0 Å². The number of aromatic nitrogens is 3. The average molecular weight is 226 g/mol. The zero-order valence-electron chi connectivity index (χ0n) is 9.93. The van der Waals surface area contributed by atoms with Gasteiger partial charge in [-0.15, -0.1) is 10.2 Å². The lowest BCUT2D eigenvalue weighted by Crippen LogP contribution is -2.30. The molecule has 90 valence electrons. The number of carbonyl (C=O) groups excluding carboxylic acids is 1. The molecule has 0 spiro atoms. The average Bonchev–Trinajstić information content (AvgIpc) is 2.61. The summed E-state index contributed by atoms with van der Waals surface area (Å²) < 4.78 is 7.00. The van der Waals surface area contributed by atoms with Crippen LogP contribution in [0.1, 0.15) is 19.7 Å². The molecule has 6 nitrogen and oxygen atoms in total. The van der Waals surface area contributed by atoms with Crippen molar-refractivity contribution in [2.75, 3.05) is 13.2 Å². The number of nitrogens with zero attached hydrogens (tertiary/aromatic N) is 3. The predicted molar refractivity (Wildman–Crippen MR) is 58.8 cm³/mol. The Balaban J connectivity index is 2.16. The van der Waals surface area contributed by atoms with Gasteiger partial charge in [0.1, 0.15) is 18.8 Å². The van der Waals surface area contributed by atoms with Crippen LogP contribution in [0.5, 0.6) is 0 Å². The Morgan fingerprint density at radius 3 is 2.94 bits per heavy atom. The first-order valence-corrected chi connectivity index (χ1v) is 5.30. The van der Waals surface area contributed by atoms with E-state index in [1.54, 1.807) is 6.33 Å². The second kappa shape index (κ2) is 6.22. The van der Waals surface area contributed by atoms with Gasteiger partial charge in [0.05, 0.1) is 6.10 Å². The topological polar surface area (TPSA) is 69.0 Å². The molecule has 0 radical (unpaired) electrons. The van der Waals surface area contributed by atoms with Crippen molar-refractivity contribution in [3.05, 3.63) is 12.2 Å². The minimum atomic E-state index is -0.101. The van der Waals surface area contributed by atoms with Gasteiger partial charge in [0.2, 0.25) is 5.91 Å². The van der Waals surface area contributed by atoms with E-state index in [1.807, 2.05) is 25.5 Å². The third kappa shape index (κ3) is 4.39. The minimum absolute atomic E-state index is 0.0736. The summed E-state index contributed by atoms with van der Waals surface area (Å²) in [6.45, 7) is 4.45. The number of hydrogen-bond acceptors (Lipinski definition) is 4. The van der Waals surface area contributed by atoms with E-state index in [0.717, 1.165) is 5.82 Å². The van der Waals surface area contributed by atoms with Crippen LogP contribution in [0.4, 0.5) is 0 Å². The van der Waals surface area contributed by atoms with Crippen molar-refractivity contribution >= 4 is 5.91 Å². The molecule has 16 heavy (non-hydrogen) atoms. The summed E-state index contributed by atoms with van der Waals surface area (Å²) in [5, 5.41) is 10.4. The van der Waals surface area contributed by atoms with Crippen LogP contribution >= 0.6 is 0 Å². The Hall–Kier alpha value is -1.43. The molecule has 0 aromatic carbocycles. The third-order valence-electron chi connectivity index (χ3n) is 2.02. The molecule has 1 rings (SSSR count). The number of amides is 1. The molecule has 0 atom stereocenters. The van der Waals surface area contributed by atoms with Gasteiger partial charge in [0, 0.05) is 20.0 Å². The molecule has 0 aliphatic rings. The van der Waals surface area contributed by atoms with Crippen molar-refractivity contribution in [1.29, 1.82) is 0 Å². The van der Waals surface area contributed by atoms with E-state index in [1.165, 1.54) is 0 Å². The van der Waals surface area contributed by atoms with Crippen molar-refractivity contribution < 1.29 is 9.53 Å². The highest BCUT2D eigenvalue weighted by Gasteiger charge is 2.04. The van der Waals surface area contributed by atoms with Crippen molar-refractivity contribution in [2.24, 2.45) is 7.05 Å². The molecule has 0 saturated heterocycles. The molecule has 1 aromatic heterocycles. The van der Waals surface area contributed by atoms with Crippen molar-refractivity contribution in [3.63, 3.8) is 0 Å². The molecular formula is C10H18N4O2. The second-order valence-corrected chi connectivity index (χ2v) is 3.82. The molecule has 0 bridgehead atoms. The Morgan fingerprint density at radius 2 is 2.38 bits per heavy atom. The summed E-state index contributed by atoms with van der Waals surface area (Å²) in [7, 11) is 1.87. The monoisotopic (exact) mass is 226 g/mol. The fraction of sp³-hybridized carbons (Fsp3) is 0.700. The highest BCUT2D eigenvalue weighted by molar-refractivity contribution is 5.77. The van der Waals surface area contributed by atoms with E-state index < -0.39 is 0 Å². The molecule has 0 aliphatic carbocycles. The molecule has 6 heteroatoms. The van der Waals surface area contributed by atoms with Gasteiger partial charge in [-0.3, -0.25) is 4.79 Å². The number of carbonyl (C=O) groups is 1. The van der Waals surface area contributed by atoms with Crippen LogP contribution in [-0.2, 0) is 23.0 Å². The van der Waals surface area contributed by atoms with Gasteiger partial charge < -0.3 is 14.6 Å². The lowest BCUT2D eigenvalue weighted by atomic mass is 10.4. The summed E-state index contributed by atoms with van der Waals surface area (Å²) in [4.78, 5) is 11.3. The summed E-state index contributed by atoms with van der Waals surface area (Å²) in [5.41, 5.74) is 0. The van der Waals surface area contributed by atoms with Crippen LogP contribution in [0.3, 0.4) is 0 Å². The highest BCUT2D eigenvalue weighted by Crippen LogP contribution is 1.91. The van der Waals surface area contributed by atoms with Gasteiger partial charge in [0.15, 0.2) is 0 Å². The van der Waals surface area contributed by atoms with Crippen LogP contribution in [0.15, 0.2) is 6.33 Å². The van der Waals surface area contributed by atoms with E-state index in [0.29, 0.717) is 13.0 Å². The van der Waals surface area contributed by atoms with Gasteiger partial charge in [-0.05, 0) is 13.8 Å². The van der Waals surface area contributed by atoms with Gasteiger partial charge in [-0.1, -0.05) is 0 Å². The molecule has 0 fully saturated rings. The maximum absolute atomic E-state index is 11.3. The summed E-state index contributed by atoms with van der Waals surface area (Å²) in [6, 6.07) is 0. The SMILES string of the molecule is CC(C)OCC(=O)NCCc1nncn1C. The number of ether oxygens (including phenoxy) is 1. The largest absolute Gasteiger partial charge is 0.369 e. The number of hydrogen-bond donors (Lipinski definition) is 1. The lowest BCUT2D eigenvalue weighted by Gasteiger charge is -2.08. The molecular weight excluding hydrogens is 208 g/mol. The van der Waals surface area contributed by atoms with Gasteiger partial charge in [-0.2, -0.15) is 0 Å². The fourth-order valence-electron chi connectivity index (χ4n) is 1.14. The van der Waals surface area contributed by atoms with Crippen molar-refractivity contribution in [1.82, 2.24) is 20.1 Å². The highest BCUT2D eigenvalue weighted by atomic mass is 16.5. The molecule has 0 aliphatic heterocycles. The van der Waals surface area contributed by atoms with E-state index in [9.17, 15) is 4.79 Å². The van der Waals surface area contributed by atoms with Gasteiger partial charge in [0.25, 0.3) is 0 Å². The van der Waals surface area contributed by atoms with E-state index >= 15 is 0 Å². The second-order valence-electron chi connectivity index (χ2n) is 3.82. The minimum Gasteiger partial charge on any atom is -0.369 e. The standard InChI is InChI=1S/C10H18N4O2/c1-8(2)16-6-10(15)11-5-4-9-13-12-7-14(9)3/h7-8H,4-6H2,1-3H3,(H,11,15). The Labute approximate surface area is 95.0 Å². The molecule has 1 N–H and O–H groups in total. The first kappa shape index (κ1) is 12.6. The zero-order valence-corrected chi connectivity index (χ0v) is 9.93. The van der Waals surface area contributed by atoms with Crippen molar-refractivity contribution in [2.45, 2.75) is 26.4 Å². The normalized spacial score (nSPS) is 10.8. The van der Waals surface area contributed by atoms with Crippen LogP contribution in [0, 0.1) is 0 Å². The maximum Gasteiger partial charge on any atom is 0.246 e. The first-order valence-electron chi connectivity index (χ1n) is 5.30. The quantitative estimate of drug-likeness (QED) is 0.735. The van der Waals surface area contributed by atoms with Crippen LogP contribution < -0.4 is 5.32 Å². The zero-order chi connectivity index (χ0) is 12.0.